The van der Waals surface area contributed by atoms with Crippen LogP contribution >= 0.6 is 0 Å². The van der Waals surface area contributed by atoms with Crippen LogP contribution in [0, 0.1) is 6.92 Å². The third-order valence-corrected chi connectivity index (χ3v) is 5.56. The molecule has 2 unspecified atom stereocenters. The van der Waals surface area contributed by atoms with Gasteiger partial charge in [-0.25, -0.2) is 0 Å². The molecule has 0 amide bonds. The average molecular weight is 418 g/mol. The number of hydrogen-bond donors (Lipinski definition) is 0. The average Bonchev–Trinajstić information content (AvgIpc) is 2.83. The van der Waals surface area contributed by atoms with Gasteiger partial charge in [0.2, 0.25) is 0 Å². The Morgan fingerprint density at radius 2 is 1.71 bits per heavy atom. The smallest absolute Gasteiger partial charge is 0.165 e. The van der Waals surface area contributed by atoms with Gasteiger partial charge in [0.25, 0.3) is 0 Å². The molecule has 1 heterocycles. The Hall–Kier alpha value is -2.98. The van der Waals surface area contributed by atoms with Gasteiger partial charge in [-0.15, -0.1) is 0 Å². The number of nitrogens with zero attached hydrogens (tertiary/aromatic N) is 1. The number of ether oxygens (including phenoxy) is 3. The summed E-state index contributed by atoms with van der Waals surface area (Å²) in [4.78, 5) is 2.37. The Balaban J connectivity index is 1.63. The van der Waals surface area contributed by atoms with Crippen LogP contribution in [-0.2, 0) is 4.74 Å². The van der Waals surface area contributed by atoms with Crippen molar-refractivity contribution in [2.24, 2.45) is 0 Å². The molecule has 0 aliphatic carbocycles. The summed E-state index contributed by atoms with van der Waals surface area (Å²) in [5.41, 5.74) is 3.38. The zero-order valence-corrected chi connectivity index (χ0v) is 18.4. The second-order valence-corrected chi connectivity index (χ2v) is 7.89. The van der Waals surface area contributed by atoms with E-state index in [0.29, 0.717) is 13.2 Å². The lowest BCUT2D eigenvalue weighted by molar-refractivity contribution is -0.0359. The molecule has 0 aromatic heterocycles. The molecule has 4 heteroatoms. The van der Waals surface area contributed by atoms with Crippen LogP contribution in [0.1, 0.15) is 30.6 Å². The first-order valence-electron chi connectivity index (χ1n) is 11.1. The highest BCUT2D eigenvalue weighted by Crippen LogP contribution is 2.37. The van der Waals surface area contributed by atoms with E-state index in [1.165, 1.54) is 5.69 Å². The molecule has 0 bridgehead atoms. The highest BCUT2D eigenvalue weighted by Gasteiger charge is 2.32. The van der Waals surface area contributed by atoms with Gasteiger partial charge in [0.15, 0.2) is 17.6 Å². The Bertz CT molecular complexity index is 945. The quantitative estimate of drug-likeness (QED) is 0.463. The van der Waals surface area contributed by atoms with Crippen molar-refractivity contribution in [3.8, 4) is 11.5 Å². The number of morpholine rings is 1. The molecule has 4 rings (SSSR count). The van der Waals surface area contributed by atoms with E-state index in [9.17, 15) is 0 Å². The summed E-state index contributed by atoms with van der Waals surface area (Å²) in [6, 6.07) is 26.9. The van der Waals surface area contributed by atoms with E-state index >= 15 is 0 Å². The number of hydrogen-bond acceptors (Lipinski definition) is 4. The van der Waals surface area contributed by atoms with Crippen LogP contribution in [0.4, 0.5) is 5.69 Å². The topological polar surface area (TPSA) is 30.9 Å². The van der Waals surface area contributed by atoms with Crippen molar-refractivity contribution in [1.29, 1.82) is 0 Å². The largest absolute Gasteiger partial charge is 0.490 e. The summed E-state index contributed by atoms with van der Waals surface area (Å²) in [7, 11) is 0. The van der Waals surface area contributed by atoms with Crippen molar-refractivity contribution in [1.82, 2.24) is 0 Å². The van der Waals surface area contributed by atoms with Gasteiger partial charge in [0.1, 0.15) is 6.10 Å². The van der Waals surface area contributed by atoms with E-state index < -0.39 is 0 Å². The third kappa shape index (κ3) is 5.20. The van der Waals surface area contributed by atoms with E-state index in [-0.39, 0.29) is 12.2 Å². The van der Waals surface area contributed by atoms with E-state index in [4.69, 9.17) is 14.2 Å². The van der Waals surface area contributed by atoms with Crippen LogP contribution in [0.3, 0.4) is 0 Å². The van der Waals surface area contributed by atoms with Crippen LogP contribution in [0.25, 0.3) is 0 Å². The molecule has 162 valence electrons. The third-order valence-electron chi connectivity index (χ3n) is 5.56. The van der Waals surface area contributed by atoms with Gasteiger partial charge >= 0.3 is 0 Å². The number of para-hydroxylation sites is 2. The van der Waals surface area contributed by atoms with Gasteiger partial charge in [-0.1, -0.05) is 67.6 Å². The van der Waals surface area contributed by atoms with E-state index in [2.05, 4.69) is 73.3 Å². The lowest BCUT2D eigenvalue weighted by Gasteiger charge is -2.38. The molecule has 3 aromatic rings. The molecular weight excluding hydrogens is 386 g/mol. The van der Waals surface area contributed by atoms with Crippen molar-refractivity contribution in [3.05, 3.63) is 90.0 Å². The Kier molecular flexibility index (Phi) is 7.11. The van der Waals surface area contributed by atoms with Gasteiger partial charge in [-0.3, -0.25) is 0 Å². The fourth-order valence-corrected chi connectivity index (χ4v) is 3.96. The molecule has 2 atom stereocenters. The maximum absolute atomic E-state index is 6.71. The molecular formula is C27H31NO3. The van der Waals surface area contributed by atoms with E-state index in [1.807, 2.05) is 24.3 Å². The summed E-state index contributed by atoms with van der Waals surface area (Å²) in [6.45, 7) is 7.14. The van der Waals surface area contributed by atoms with Gasteiger partial charge in [-0.05, 0) is 42.7 Å². The van der Waals surface area contributed by atoms with Gasteiger partial charge in [0, 0.05) is 18.8 Å². The van der Waals surface area contributed by atoms with E-state index in [0.717, 1.165) is 42.1 Å². The van der Waals surface area contributed by atoms with Crippen molar-refractivity contribution in [2.75, 3.05) is 31.2 Å². The molecule has 31 heavy (non-hydrogen) atoms. The standard InChI is InChI=1S/C27H31NO3/c1-3-18-29-24-16-10-11-21(2)26(24)31-27(22-12-6-4-7-13-22)25-20-28(17-19-30-25)23-14-8-5-9-15-23/h4-16,25,27H,3,17-20H2,1-2H3. The normalized spacial score (nSPS) is 17.2. The van der Waals surface area contributed by atoms with Crippen LogP contribution in [0.15, 0.2) is 78.9 Å². The molecule has 0 spiro atoms. The minimum absolute atomic E-state index is 0.102. The van der Waals surface area contributed by atoms with Crippen molar-refractivity contribution in [3.63, 3.8) is 0 Å². The number of anilines is 1. The first-order chi connectivity index (χ1) is 15.3. The molecule has 4 nitrogen and oxygen atoms in total. The predicted molar refractivity (Wildman–Crippen MR) is 125 cm³/mol. The molecule has 1 fully saturated rings. The van der Waals surface area contributed by atoms with Crippen LogP contribution in [0.2, 0.25) is 0 Å². The van der Waals surface area contributed by atoms with Crippen molar-refractivity contribution in [2.45, 2.75) is 32.5 Å². The summed E-state index contributed by atoms with van der Waals surface area (Å²) in [5.74, 6) is 1.59. The summed E-state index contributed by atoms with van der Waals surface area (Å²) < 4.78 is 19.0. The first-order valence-corrected chi connectivity index (χ1v) is 11.1. The van der Waals surface area contributed by atoms with Crippen LogP contribution in [0.5, 0.6) is 11.5 Å². The van der Waals surface area contributed by atoms with Crippen LogP contribution < -0.4 is 14.4 Å². The van der Waals surface area contributed by atoms with Crippen LogP contribution in [-0.4, -0.2) is 32.4 Å². The second-order valence-electron chi connectivity index (χ2n) is 7.89. The fraction of sp³-hybridized carbons (Fsp3) is 0.333. The summed E-state index contributed by atoms with van der Waals surface area (Å²) in [6.07, 6.45) is 0.612. The summed E-state index contributed by atoms with van der Waals surface area (Å²) in [5, 5.41) is 0. The number of aryl methyl sites for hydroxylation is 1. The van der Waals surface area contributed by atoms with Crippen molar-refractivity contribution < 1.29 is 14.2 Å². The monoisotopic (exact) mass is 417 g/mol. The SMILES string of the molecule is CCCOc1cccc(C)c1OC(c1ccccc1)C1CN(c2ccccc2)CCO1. The molecule has 0 saturated carbocycles. The number of benzene rings is 3. The molecule has 3 aromatic carbocycles. The zero-order valence-electron chi connectivity index (χ0n) is 18.4. The Morgan fingerprint density at radius 1 is 0.968 bits per heavy atom. The maximum atomic E-state index is 6.71. The minimum Gasteiger partial charge on any atom is -0.490 e. The first kappa shape index (κ1) is 21.3. The minimum atomic E-state index is -0.238. The van der Waals surface area contributed by atoms with Gasteiger partial charge < -0.3 is 19.1 Å². The lowest BCUT2D eigenvalue weighted by atomic mass is 10.0. The predicted octanol–water partition coefficient (Wildman–Crippen LogP) is 5.81. The van der Waals surface area contributed by atoms with E-state index in [1.54, 1.807) is 0 Å². The maximum Gasteiger partial charge on any atom is 0.165 e. The lowest BCUT2D eigenvalue weighted by Crippen LogP contribution is -2.46. The number of rotatable bonds is 8. The fourth-order valence-electron chi connectivity index (χ4n) is 3.96. The molecule has 1 aliphatic heterocycles. The molecule has 0 N–H and O–H groups in total. The Labute approximate surface area is 185 Å². The van der Waals surface area contributed by atoms with Gasteiger partial charge in [0.05, 0.1) is 13.2 Å². The highest BCUT2D eigenvalue weighted by molar-refractivity contribution is 5.48. The Morgan fingerprint density at radius 3 is 2.45 bits per heavy atom. The van der Waals surface area contributed by atoms with Crippen molar-refractivity contribution >= 4 is 5.69 Å². The molecule has 1 saturated heterocycles. The summed E-state index contributed by atoms with van der Waals surface area (Å²) >= 11 is 0. The second kappa shape index (κ2) is 10.4. The highest BCUT2D eigenvalue weighted by atomic mass is 16.6. The molecule has 0 radical (unpaired) electrons. The van der Waals surface area contributed by atoms with Gasteiger partial charge in [-0.2, -0.15) is 0 Å². The molecule has 1 aliphatic rings. The zero-order chi connectivity index (χ0) is 21.5.